The predicted molar refractivity (Wildman–Crippen MR) is 111 cm³/mol. The van der Waals surface area contributed by atoms with E-state index in [-0.39, 0.29) is 13.2 Å². The van der Waals surface area contributed by atoms with E-state index < -0.39 is 11.9 Å². The minimum atomic E-state index is -0.454. The van der Waals surface area contributed by atoms with E-state index in [0.29, 0.717) is 34.0 Å². The lowest BCUT2D eigenvalue weighted by molar-refractivity contribution is -0.143. The van der Waals surface area contributed by atoms with Crippen LogP contribution in [0.4, 0.5) is 0 Å². The van der Waals surface area contributed by atoms with Crippen LogP contribution in [0.5, 0.6) is 11.5 Å². The highest BCUT2D eigenvalue weighted by molar-refractivity contribution is 7.16. The first-order valence-electron chi connectivity index (χ1n) is 9.21. The number of carbonyl (C=O) groups is 2. The predicted octanol–water partition coefficient (Wildman–Crippen LogP) is 3.41. The van der Waals surface area contributed by atoms with Gasteiger partial charge in [0.25, 0.3) is 5.91 Å². The highest BCUT2D eigenvalue weighted by atomic mass is 32.1. The van der Waals surface area contributed by atoms with Crippen LogP contribution in [0.3, 0.4) is 0 Å². The van der Waals surface area contributed by atoms with Crippen molar-refractivity contribution in [3.05, 3.63) is 52.8 Å². The first-order valence-corrected chi connectivity index (χ1v) is 10.0. The molecule has 0 N–H and O–H groups in total. The number of amides is 1. The largest absolute Gasteiger partial charge is 0.496 e. The number of esters is 1. The minimum Gasteiger partial charge on any atom is -0.496 e. The average Bonchev–Trinajstić information content (AvgIpc) is 3.06. The highest BCUT2D eigenvalue weighted by Crippen LogP contribution is 2.28. The highest BCUT2D eigenvalue weighted by Gasteiger charge is 2.17. The lowest BCUT2D eigenvalue weighted by Crippen LogP contribution is -2.23. The van der Waals surface area contributed by atoms with Crippen LogP contribution in [0.25, 0.3) is 10.2 Å². The number of carbonyl (C=O) groups excluding carboxylic acids is 2. The summed E-state index contributed by atoms with van der Waals surface area (Å²) in [7, 11) is 1.50. The molecule has 0 unspecified atom stereocenters. The number of hydrogen-bond donors (Lipinski definition) is 0. The van der Waals surface area contributed by atoms with Crippen molar-refractivity contribution in [3.8, 4) is 11.5 Å². The van der Waals surface area contributed by atoms with Crippen molar-refractivity contribution in [2.45, 2.75) is 20.4 Å². The zero-order valence-electron chi connectivity index (χ0n) is 16.5. The molecule has 0 radical (unpaired) electrons. The molecule has 0 atom stereocenters. The fraction of sp³-hybridized carbons (Fsp3) is 0.286. The third-order valence-electron chi connectivity index (χ3n) is 4.09. The summed E-state index contributed by atoms with van der Waals surface area (Å²) < 4.78 is 18.6. The molecule has 0 spiro atoms. The number of hydrogen-bond acceptors (Lipinski definition) is 6. The fourth-order valence-electron chi connectivity index (χ4n) is 2.91. The second-order valence-electron chi connectivity index (χ2n) is 5.93. The maximum Gasteiger partial charge on any atom is 0.326 e. The quantitative estimate of drug-likeness (QED) is 0.554. The van der Waals surface area contributed by atoms with Crippen LogP contribution in [-0.2, 0) is 16.1 Å². The van der Waals surface area contributed by atoms with Crippen LogP contribution in [0.1, 0.15) is 24.2 Å². The van der Waals surface area contributed by atoms with Crippen molar-refractivity contribution in [3.63, 3.8) is 0 Å². The standard InChI is InChI=1S/C21H22N2O5S/c1-4-27-16-11-8-12-17-19(16)23(13-18(24)28-5-2)21(29-17)22-20(25)14-9-6-7-10-15(14)26-3/h6-12H,4-5,13H2,1-3H3. The fourth-order valence-corrected chi connectivity index (χ4v) is 3.95. The Kier molecular flexibility index (Phi) is 6.66. The monoisotopic (exact) mass is 414 g/mol. The number of nitrogens with zero attached hydrogens (tertiary/aromatic N) is 2. The molecule has 29 heavy (non-hydrogen) atoms. The molecule has 2 aromatic carbocycles. The van der Waals surface area contributed by atoms with E-state index in [1.807, 2.05) is 25.1 Å². The van der Waals surface area contributed by atoms with E-state index >= 15 is 0 Å². The number of rotatable bonds is 7. The molecule has 3 aromatic rings. The molecule has 1 heterocycles. The maximum absolute atomic E-state index is 12.8. The van der Waals surface area contributed by atoms with Crippen LogP contribution in [0.2, 0.25) is 0 Å². The zero-order valence-corrected chi connectivity index (χ0v) is 17.3. The molecule has 0 bridgehead atoms. The number of methoxy groups -OCH3 is 1. The molecule has 152 valence electrons. The smallest absolute Gasteiger partial charge is 0.326 e. The molecule has 1 aromatic heterocycles. The molecule has 0 saturated heterocycles. The van der Waals surface area contributed by atoms with E-state index in [1.165, 1.54) is 18.4 Å². The van der Waals surface area contributed by atoms with Gasteiger partial charge in [0.1, 0.15) is 23.6 Å². The van der Waals surface area contributed by atoms with Gasteiger partial charge in [-0.05, 0) is 38.1 Å². The first-order chi connectivity index (χ1) is 14.1. The van der Waals surface area contributed by atoms with Gasteiger partial charge in [0.2, 0.25) is 0 Å². The molecular weight excluding hydrogens is 392 g/mol. The number of thiazole rings is 1. The summed E-state index contributed by atoms with van der Waals surface area (Å²) in [5.74, 6) is 0.195. The molecule has 8 heteroatoms. The Labute approximate surface area is 172 Å². The molecule has 0 saturated carbocycles. The molecule has 3 rings (SSSR count). The minimum absolute atomic E-state index is 0.0734. The lowest BCUT2D eigenvalue weighted by Gasteiger charge is -2.09. The van der Waals surface area contributed by atoms with E-state index in [2.05, 4.69) is 4.99 Å². The Hall–Kier alpha value is -3.13. The molecule has 1 amide bonds. The van der Waals surface area contributed by atoms with Gasteiger partial charge in [-0.15, -0.1) is 0 Å². The van der Waals surface area contributed by atoms with Gasteiger partial charge in [0.15, 0.2) is 4.80 Å². The van der Waals surface area contributed by atoms with Gasteiger partial charge in [-0.2, -0.15) is 4.99 Å². The van der Waals surface area contributed by atoms with Crippen molar-refractivity contribution in [1.29, 1.82) is 0 Å². The van der Waals surface area contributed by atoms with E-state index in [4.69, 9.17) is 14.2 Å². The Morgan fingerprint density at radius 3 is 2.52 bits per heavy atom. The lowest BCUT2D eigenvalue weighted by atomic mass is 10.2. The third kappa shape index (κ3) is 4.48. The number of benzene rings is 2. The zero-order chi connectivity index (χ0) is 20.8. The Balaban J connectivity index is 2.18. The average molecular weight is 414 g/mol. The van der Waals surface area contributed by atoms with Crippen molar-refractivity contribution in [2.75, 3.05) is 20.3 Å². The number of aromatic nitrogens is 1. The van der Waals surface area contributed by atoms with Crippen LogP contribution >= 0.6 is 11.3 Å². The van der Waals surface area contributed by atoms with Gasteiger partial charge < -0.3 is 18.8 Å². The third-order valence-corrected chi connectivity index (χ3v) is 5.13. The van der Waals surface area contributed by atoms with Crippen molar-refractivity contribution < 1.29 is 23.8 Å². The second-order valence-corrected chi connectivity index (χ2v) is 6.94. The summed E-state index contributed by atoms with van der Waals surface area (Å²) in [6, 6.07) is 12.5. The molecular formula is C21H22N2O5S. The van der Waals surface area contributed by atoms with Gasteiger partial charge >= 0.3 is 5.97 Å². The molecule has 0 aliphatic carbocycles. The van der Waals surface area contributed by atoms with Gasteiger partial charge in [-0.25, -0.2) is 0 Å². The summed E-state index contributed by atoms with van der Waals surface area (Å²) in [5.41, 5.74) is 1.05. The molecule has 0 aliphatic heterocycles. The van der Waals surface area contributed by atoms with Gasteiger partial charge in [0, 0.05) is 0 Å². The van der Waals surface area contributed by atoms with Crippen molar-refractivity contribution >= 4 is 33.4 Å². The Morgan fingerprint density at radius 2 is 1.79 bits per heavy atom. The van der Waals surface area contributed by atoms with E-state index in [0.717, 1.165) is 4.70 Å². The summed E-state index contributed by atoms with van der Waals surface area (Å²) >= 11 is 1.31. The van der Waals surface area contributed by atoms with E-state index in [9.17, 15) is 9.59 Å². The maximum atomic E-state index is 12.8. The topological polar surface area (TPSA) is 79.1 Å². The van der Waals surface area contributed by atoms with Gasteiger partial charge in [-0.1, -0.05) is 29.5 Å². The molecule has 7 nitrogen and oxygen atoms in total. The SMILES string of the molecule is CCOC(=O)Cn1c(=NC(=O)c2ccccc2OC)sc2cccc(OCC)c21. The summed E-state index contributed by atoms with van der Waals surface area (Å²) in [6.45, 7) is 4.30. The molecule has 0 fully saturated rings. The Bertz CT molecular complexity index is 1100. The summed E-state index contributed by atoms with van der Waals surface area (Å²) in [4.78, 5) is 29.7. The number of fused-ring (bicyclic) bond motifs is 1. The van der Waals surface area contributed by atoms with Crippen LogP contribution in [-0.4, -0.2) is 36.8 Å². The second kappa shape index (κ2) is 9.38. The van der Waals surface area contributed by atoms with Crippen LogP contribution in [0, 0.1) is 0 Å². The van der Waals surface area contributed by atoms with Crippen molar-refractivity contribution in [2.24, 2.45) is 4.99 Å². The van der Waals surface area contributed by atoms with E-state index in [1.54, 1.807) is 35.8 Å². The van der Waals surface area contributed by atoms with Gasteiger partial charge in [0.05, 0.1) is 30.6 Å². The molecule has 0 aliphatic rings. The van der Waals surface area contributed by atoms with Crippen LogP contribution < -0.4 is 14.3 Å². The summed E-state index contributed by atoms with van der Waals surface area (Å²) in [6.07, 6.45) is 0. The number of para-hydroxylation sites is 2. The Morgan fingerprint density at radius 1 is 1.03 bits per heavy atom. The van der Waals surface area contributed by atoms with Gasteiger partial charge in [-0.3, -0.25) is 9.59 Å². The van der Waals surface area contributed by atoms with Crippen LogP contribution in [0.15, 0.2) is 47.5 Å². The van der Waals surface area contributed by atoms with Crippen molar-refractivity contribution in [1.82, 2.24) is 4.57 Å². The normalized spacial score (nSPS) is 11.5. The first kappa shape index (κ1) is 20.6. The summed E-state index contributed by atoms with van der Waals surface area (Å²) in [5, 5.41) is 0. The number of ether oxygens (including phenoxy) is 3.